The molecule has 0 aliphatic carbocycles. The molecule has 0 spiro atoms. The SMILES string of the molecule is CSc1ccccc1/C=C/C=O. The lowest BCUT2D eigenvalue weighted by molar-refractivity contribution is -0.104. The van der Waals surface area contributed by atoms with Crippen LogP contribution in [0.3, 0.4) is 0 Å². The average Bonchev–Trinajstić information content (AvgIpc) is 2.15. The summed E-state index contributed by atoms with van der Waals surface area (Å²) < 4.78 is 0. The third-order valence-corrected chi connectivity index (χ3v) is 2.30. The van der Waals surface area contributed by atoms with E-state index in [-0.39, 0.29) is 0 Å². The minimum absolute atomic E-state index is 0.789. The van der Waals surface area contributed by atoms with Crippen molar-refractivity contribution in [3.05, 3.63) is 35.9 Å². The largest absolute Gasteiger partial charge is 0.299 e. The van der Waals surface area contributed by atoms with Gasteiger partial charge in [0.2, 0.25) is 0 Å². The Morgan fingerprint density at radius 3 is 2.75 bits per heavy atom. The van der Waals surface area contributed by atoms with E-state index in [0.29, 0.717) is 0 Å². The molecule has 0 fully saturated rings. The molecule has 0 saturated heterocycles. The van der Waals surface area contributed by atoms with Crippen LogP contribution < -0.4 is 0 Å². The van der Waals surface area contributed by atoms with Gasteiger partial charge >= 0.3 is 0 Å². The predicted molar refractivity (Wildman–Crippen MR) is 53.3 cm³/mol. The maximum Gasteiger partial charge on any atom is 0.142 e. The third-order valence-electron chi connectivity index (χ3n) is 1.49. The first-order valence-electron chi connectivity index (χ1n) is 3.63. The summed E-state index contributed by atoms with van der Waals surface area (Å²) in [7, 11) is 0. The molecule has 0 aromatic heterocycles. The second kappa shape index (κ2) is 4.78. The maximum absolute atomic E-state index is 10.1. The number of carbonyl (C=O) groups excluding carboxylic acids is 1. The van der Waals surface area contributed by atoms with E-state index in [2.05, 4.69) is 0 Å². The monoisotopic (exact) mass is 178 g/mol. The topological polar surface area (TPSA) is 17.1 Å². The van der Waals surface area contributed by atoms with Crippen LogP contribution in [0.15, 0.2) is 35.2 Å². The molecule has 1 rings (SSSR count). The van der Waals surface area contributed by atoms with Gasteiger partial charge in [-0.25, -0.2) is 0 Å². The van der Waals surface area contributed by atoms with Crippen molar-refractivity contribution in [3.63, 3.8) is 0 Å². The molecular formula is C10H10OS. The quantitative estimate of drug-likeness (QED) is 0.402. The molecule has 0 atom stereocenters. The number of hydrogen-bond acceptors (Lipinski definition) is 2. The molecule has 0 amide bonds. The first-order valence-corrected chi connectivity index (χ1v) is 4.86. The lowest BCUT2D eigenvalue weighted by atomic mass is 10.2. The van der Waals surface area contributed by atoms with E-state index in [1.54, 1.807) is 11.8 Å². The van der Waals surface area contributed by atoms with E-state index in [9.17, 15) is 4.79 Å². The highest BCUT2D eigenvalue weighted by atomic mass is 32.2. The smallest absolute Gasteiger partial charge is 0.142 e. The predicted octanol–water partition coefficient (Wildman–Crippen LogP) is 2.62. The van der Waals surface area contributed by atoms with E-state index in [0.717, 1.165) is 11.8 Å². The van der Waals surface area contributed by atoms with Gasteiger partial charge in [-0.05, 0) is 24.0 Å². The van der Waals surface area contributed by atoms with Crippen LogP contribution in [0, 0.1) is 0 Å². The second-order valence-corrected chi connectivity index (χ2v) is 3.09. The van der Waals surface area contributed by atoms with Crippen LogP contribution in [-0.2, 0) is 4.79 Å². The Morgan fingerprint density at radius 1 is 1.33 bits per heavy atom. The number of allylic oxidation sites excluding steroid dienone is 1. The Morgan fingerprint density at radius 2 is 2.08 bits per heavy atom. The normalized spacial score (nSPS) is 10.4. The van der Waals surface area contributed by atoms with Crippen LogP contribution in [0.2, 0.25) is 0 Å². The molecule has 0 unspecified atom stereocenters. The van der Waals surface area contributed by atoms with Crippen molar-refractivity contribution in [2.75, 3.05) is 6.26 Å². The molecule has 1 aromatic rings. The van der Waals surface area contributed by atoms with Crippen LogP contribution in [-0.4, -0.2) is 12.5 Å². The van der Waals surface area contributed by atoms with Crippen LogP contribution in [0.5, 0.6) is 0 Å². The molecule has 2 heteroatoms. The minimum atomic E-state index is 0.789. The van der Waals surface area contributed by atoms with E-state index in [1.807, 2.05) is 36.6 Å². The van der Waals surface area contributed by atoms with Gasteiger partial charge in [-0.3, -0.25) is 4.79 Å². The molecule has 0 saturated carbocycles. The summed E-state index contributed by atoms with van der Waals surface area (Å²) in [6, 6.07) is 7.98. The molecule has 1 nitrogen and oxygen atoms in total. The highest BCUT2D eigenvalue weighted by Gasteiger charge is 1.93. The average molecular weight is 178 g/mol. The molecule has 0 radical (unpaired) electrons. The molecule has 1 aromatic carbocycles. The van der Waals surface area contributed by atoms with E-state index < -0.39 is 0 Å². The molecule has 0 bridgehead atoms. The van der Waals surface area contributed by atoms with Crippen molar-refractivity contribution in [1.82, 2.24) is 0 Å². The Balaban J connectivity index is 2.96. The number of carbonyl (C=O) groups is 1. The Hall–Kier alpha value is -1.02. The lowest BCUT2D eigenvalue weighted by Gasteiger charge is -1.99. The molecule has 0 aliphatic rings. The van der Waals surface area contributed by atoms with Gasteiger partial charge < -0.3 is 0 Å². The standard InChI is InChI=1S/C10H10OS/c1-12-10-7-3-2-5-9(10)6-4-8-11/h2-8H,1H3/b6-4+. The van der Waals surface area contributed by atoms with E-state index in [1.165, 1.54) is 11.0 Å². The van der Waals surface area contributed by atoms with Crippen LogP contribution in [0.1, 0.15) is 5.56 Å². The molecular weight excluding hydrogens is 168 g/mol. The molecule has 0 aliphatic heterocycles. The number of thioether (sulfide) groups is 1. The first kappa shape index (κ1) is 9.07. The minimum Gasteiger partial charge on any atom is -0.299 e. The van der Waals surface area contributed by atoms with Gasteiger partial charge in [-0.1, -0.05) is 24.3 Å². The molecule has 12 heavy (non-hydrogen) atoms. The van der Waals surface area contributed by atoms with Gasteiger partial charge in [0.25, 0.3) is 0 Å². The summed E-state index contributed by atoms with van der Waals surface area (Å²) in [6.45, 7) is 0. The molecule has 62 valence electrons. The zero-order valence-electron chi connectivity index (χ0n) is 6.86. The van der Waals surface area contributed by atoms with Crippen molar-refractivity contribution in [2.45, 2.75) is 4.90 Å². The number of hydrogen-bond donors (Lipinski definition) is 0. The third kappa shape index (κ3) is 2.24. The number of rotatable bonds is 3. The van der Waals surface area contributed by atoms with Gasteiger partial charge in [0.05, 0.1) is 0 Å². The van der Waals surface area contributed by atoms with Gasteiger partial charge in [0, 0.05) is 4.90 Å². The Labute approximate surface area is 76.5 Å². The van der Waals surface area contributed by atoms with Gasteiger partial charge in [0.15, 0.2) is 0 Å². The van der Waals surface area contributed by atoms with Gasteiger partial charge in [0.1, 0.15) is 6.29 Å². The van der Waals surface area contributed by atoms with Crippen molar-refractivity contribution in [3.8, 4) is 0 Å². The fraction of sp³-hybridized carbons (Fsp3) is 0.100. The van der Waals surface area contributed by atoms with E-state index >= 15 is 0 Å². The highest BCUT2D eigenvalue weighted by Crippen LogP contribution is 2.20. The fourth-order valence-corrected chi connectivity index (χ4v) is 1.53. The zero-order chi connectivity index (χ0) is 8.81. The fourth-order valence-electron chi connectivity index (χ4n) is 0.947. The van der Waals surface area contributed by atoms with Crippen molar-refractivity contribution in [2.24, 2.45) is 0 Å². The van der Waals surface area contributed by atoms with Crippen LogP contribution in [0.25, 0.3) is 6.08 Å². The molecule has 0 heterocycles. The summed E-state index contributed by atoms with van der Waals surface area (Å²) in [5.41, 5.74) is 1.09. The lowest BCUT2D eigenvalue weighted by Crippen LogP contribution is -1.76. The van der Waals surface area contributed by atoms with Crippen LogP contribution in [0.4, 0.5) is 0 Å². The van der Waals surface area contributed by atoms with Crippen molar-refractivity contribution < 1.29 is 4.79 Å². The Bertz CT molecular complexity index is 292. The van der Waals surface area contributed by atoms with Crippen molar-refractivity contribution in [1.29, 1.82) is 0 Å². The summed E-state index contributed by atoms with van der Waals surface area (Å²) in [4.78, 5) is 11.3. The van der Waals surface area contributed by atoms with Crippen LogP contribution >= 0.6 is 11.8 Å². The highest BCUT2D eigenvalue weighted by molar-refractivity contribution is 7.98. The van der Waals surface area contributed by atoms with Gasteiger partial charge in [-0.2, -0.15) is 0 Å². The Kier molecular flexibility index (Phi) is 3.61. The summed E-state index contributed by atoms with van der Waals surface area (Å²) in [5.74, 6) is 0. The van der Waals surface area contributed by atoms with E-state index in [4.69, 9.17) is 0 Å². The van der Waals surface area contributed by atoms with Crippen molar-refractivity contribution >= 4 is 24.1 Å². The zero-order valence-corrected chi connectivity index (χ0v) is 7.67. The summed E-state index contributed by atoms with van der Waals surface area (Å²) >= 11 is 1.68. The second-order valence-electron chi connectivity index (χ2n) is 2.24. The van der Waals surface area contributed by atoms with Gasteiger partial charge in [-0.15, -0.1) is 11.8 Å². The molecule has 0 N–H and O–H groups in total. The maximum atomic E-state index is 10.1. The summed E-state index contributed by atoms with van der Waals surface area (Å²) in [6.07, 6.45) is 6.14. The summed E-state index contributed by atoms with van der Waals surface area (Å²) in [5, 5.41) is 0. The number of aldehydes is 1. The first-order chi connectivity index (χ1) is 5.88. The number of benzene rings is 1.